The number of carbonyl (C=O) groups excluding carboxylic acids is 3. The Balaban J connectivity index is 1.69. The number of esters is 1. The molecule has 1 aliphatic rings. The SMILES string of the molecule is O=C([O-])CN1C(=O)/C(=C\c2ccc(OC(=O)c3ccc(F)cc3)cc2)SC1=S. The molecule has 0 radical (unpaired) electrons. The highest BCUT2D eigenvalue weighted by molar-refractivity contribution is 8.26. The lowest BCUT2D eigenvalue weighted by Crippen LogP contribution is -2.40. The maximum absolute atomic E-state index is 12.9. The van der Waals surface area contributed by atoms with Crippen molar-refractivity contribution in [3.63, 3.8) is 0 Å². The standard InChI is InChI=1S/C19H12FNO5S2/c20-13-5-3-12(4-6-13)18(25)26-14-7-1-11(2-8-14)9-15-17(24)21(10-16(22)23)19(27)28-15/h1-9H,10H2,(H,22,23)/p-1/b15-9+. The van der Waals surface area contributed by atoms with Crippen LogP contribution in [0.3, 0.4) is 0 Å². The van der Waals surface area contributed by atoms with E-state index in [4.69, 9.17) is 17.0 Å². The van der Waals surface area contributed by atoms with Crippen LogP contribution in [0, 0.1) is 5.82 Å². The first-order valence-electron chi connectivity index (χ1n) is 7.86. The summed E-state index contributed by atoms with van der Waals surface area (Å²) in [6, 6.07) is 11.3. The predicted octanol–water partition coefficient (Wildman–Crippen LogP) is 2.00. The maximum atomic E-state index is 12.9. The fraction of sp³-hybridized carbons (Fsp3) is 0.0526. The minimum absolute atomic E-state index is 0.144. The minimum atomic E-state index is -1.40. The number of carboxylic acids is 1. The Bertz CT molecular complexity index is 986. The van der Waals surface area contributed by atoms with E-state index >= 15 is 0 Å². The molecule has 2 aromatic rings. The van der Waals surface area contributed by atoms with Crippen LogP contribution < -0.4 is 9.84 Å². The highest BCUT2D eigenvalue weighted by Crippen LogP contribution is 2.32. The van der Waals surface area contributed by atoms with Crippen LogP contribution >= 0.6 is 24.0 Å². The van der Waals surface area contributed by atoms with Crippen molar-refractivity contribution in [2.24, 2.45) is 0 Å². The second-order valence-electron chi connectivity index (χ2n) is 5.61. The van der Waals surface area contributed by atoms with Crippen molar-refractivity contribution < 1.29 is 28.6 Å². The smallest absolute Gasteiger partial charge is 0.343 e. The number of hydrogen-bond acceptors (Lipinski definition) is 7. The molecule has 1 saturated heterocycles. The maximum Gasteiger partial charge on any atom is 0.343 e. The van der Waals surface area contributed by atoms with Crippen LogP contribution in [0.5, 0.6) is 5.75 Å². The average Bonchev–Trinajstić information content (AvgIpc) is 2.91. The van der Waals surface area contributed by atoms with Gasteiger partial charge < -0.3 is 14.6 Å². The first-order chi connectivity index (χ1) is 13.3. The predicted molar refractivity (Wildman–Crippen MR) is 103 cm³/mol. The molecule has 1 aliphatic heterocycles. The van der Waals surface area contributed by atoms with E-state index in [1.165, 1.54) is 24.3 Å². The topological polar surface area (TPSA) is 86.7 Å². The molecule has 0 N–H and O–H groups in total. The van der Waals surface area contributed by atoms with E-state index in [2.05, 4.69) is 0 Å². The molecule has 3 rings (SSSR count). The molecule has 0 bridgehead atoms. The number of carboxylic acid groups (broad SMARTS) is 1. The van der Waals surface area contributed by atoms with Crippen LogP contribution in [0.4, 0.5) is 4.39 Å². The third-order valence-corrected chi connectivity index (χ3v) is 5.01. The molecule has 0 atom stereocenters. The molecular weight excluding hydrogens is 405 g/mol. The Kier molecular flexibility index (Phi) is 5.86. The van der Waals surface area contributed by atoms with Crippen molar-refractivity contribution in [2.45, 2.75) is 0 Å². The zero-order valence-corrected chi connectivity index (χ0v) is 15.7. The monoisotopic (exact) mass is 416 g/mol. The van der Waals surface area contributed by atoms with Crippen molar-refractivity contribution >= 4 is 52.2 Å². The number of halogens is 1. The Morgan fingerprint density at radius 3 is 2.39 bits per heavy atom. The van der Waals surface area contributed by atoms with E-state index in [-0.39, 0.29) is 20.5 Å². The molecule has 1 fully saturated rings. The number of rotatable bonds is 5. The number of benzene rings is 2. The van der Waals surface area contributed by atoms with Gasteiger partial charge in [0, 0.05) is 0 Å². The van der Waals surface area contributed by atoms with Crippen molar-refractivity contribution in [1.29, 1.82) is 0 Å². The molecule has 0 aliphatic carbocycles. The lowest BCUT2D eigenvalue weighted by molar-refractivity contribution is -0.305. The normalized spacial score (nSPS) is 15.2. The van der Waals surface area contributed by atoms with Gasteiger partial charge in [-0.25, -0.2) is 9.18 Å². The summed E-state index contributed by atoms with van der Waals surface area (Å²) in [4.78, 5) is 36.2. The third-order valence-electron chi connectivity index (χ3n) is 3.63. The number of ether oxygens (including phenoxy) is 1. The molecule has 1 amide bonds. The molecular formula is C19H11FNO5S2-. The van der Waals surface area contributed by atoms with Crippen molar-refractivity contribution in [1.82, 2.24) is 4.90 Å². The van der Waals surface area contributed by atoms with Crippen LogP contribution in [0.1, 0.15) is 15.9 Å². The quantitative estimate of drug-likeness (QED) is 0.319. The van der Waals surface area contributed by atoms with Crippen molar-refractivity contribution in [3.05, 3.63) is 70.4 Å². The molecule has 0 unspecified atom stereocenters. The van der Waals surface area contributed by atoms with Gasteiger partial charge in [-0.3, -0.25) is 9.69 Å². The zero-order valence-electron chi connectivity index (χ0n) is 14.1. The van der Waals surface area contributed by atoms with Crippen LogP contribution in [0.25, 0.3) is 6.08 Å². The average molecular weight is 416 g/mol. The lowest BCUT2D eigenvalue weighted by atomic mass is 10.2. The molecule has 6 nitrogen and oxygen atoms in total. The first kappa shape index (κ1) is 19.7. The van der Waals surface area contributed by atoms with E-state index in [1.54, 1.807) is 18.2 Å². The first-order valence-corrected chi connectivity index (χ1v) is 9.09. The number of carbonyl (C=O) groups is 3. The van der Waals surface area contributed by atoms with Gasteiger partial charge in [-0.05, 0) is 48.0 Å². The van der Waals surface area contributed by atoms with Crippen LogP contribution in [0.15, 0.2) is 53.4 Å². The summed E-state index contributed by atoms with van der Waals surface area (Å²) in [6.45, 7) is -0.597. The van der Waals surface area contributed by atoms with Crippen molar-refractivity contribution in [3.8, 4) is 5.75 Å². The molecule has 142 valence electrons. The zero-order chi connectivity index (χ0) is 20.3. The summed E-state index contributed by atoms with van der Waals surface area (Å²) in [7, 11) is 0. The Hall–Kier alpha value is -3.04. The molecule has 0 aromatic heterocycles. The fourth-order valence-electron chi connectivity index (χ4n) is 2.30. The van der Waals surface area contributed by atoms with Crippen LogP contribution in [0.2, 0.25) is 0 Å². The van der Waals surface area contributed by atoms with E-state index in [9.17, 15) is 23.9 Å². The van der Waals surface area contributed by atoms with E-state index < -0.39 is 30.2 Å². The summed E-state index contributed by atoms with van der Waals surface area (Å²) < 4.78 is 18.3. The number of thioether (sulfide) groups is 1. The molecule has 1 heterocycles. The van der Waals surface area contributed by atoms with Crippen LogP contribution in [-0.4, -0.2) is 33.6 Å². The summed E-state index contributed by atoms with van der Waals surface area (Å²) in [5, 5.41) is 10.7. The molecule has 2 aromatic carbocycles. The van der Waals surface area contributed by atoms with Gasteiger partial charge in [0.25, 0.3) is 5.91 Å². The Labute approximate surface area is 168 Å². The Morgan fingerprint density at radius 2 is 1.79 bits per heavy atom. The molecule has 28 heavy (non-hydrogen) atoms. The Morgan fingerprint density at radius 1 is 1.14 bits per heavy atom. The number of thiocarbonyl (C=S) groups is 1. The highest BCUT2D eigenvalue weighted by atomic mass is 32.2. The summed E-state index contributed by atoms with van der Waals surface area (Å²) >= 11 is 6.00. The van der Waals surface area contributed by atoms with E-state index in [0.29, 0.717) is 5.56 Å². The minimum Gasteiger partial charge on any atom is -0.548 e. The lowest BCUT2D eigenvalue weighted by Gasteiger charge is -2.14. The van der Waals surface area contributed by atoms with Gasteiger partial charge in [-0.1, -0.05) is 36.1 Å². The van der Waals surface area contributed by atoms with Gasteiger partial charge >= 0.3 is 5.97 Å². The summed E-state index contributed by atoms with van der Waals surface area (Å²) in [6.07, 6.45) is 1.56. The highest BCUT2D eigenvalue weighted by Gasteiger charge is 2.31. The van der Waals surface area contributed by atoms with E-state index in [1.807, 2.05) is 0 Å². The number of nitrogens with zero attached hydrogens (tertiary/aromatic N) is 1. The number of amides is 1. The van der Waals surface area contributed by atoms with Gasteiger partial charge in [0.2, 0.25) is 0 Å². The van der Waals surface area contributed by atoms with Crippen LogP contribution in [-0.2, 0) is 9.59 Å². The summed E-state index contributed by atoms with van der Waals surface area (Å²) in [5.74, 6) is -2.71. The second-order valence-corrected chi connectivity index (χ2v) is 7.28. The fourth-order valence-corrected chi connectivity index (χ4v) is 3.56. The molecule has 0 spiro atoms. The van der Waals surface area contributed by atoms with Crippen molar-refractivity contribution in [2.75, 3.05) is 6.54 Å². The summed E-state index contributed by atoms with van der Waals surface area (Å²) in [5.41, 5.74) is 0.845. The van der Waals surface area contributed by atoms with E-state index in [0.717, 1.165) is 28.8 Å². The van der Waals surface area contributed by atoms with Gasteiger partial charge in [-0.2, -0.15) is 0 Å². The molecule has 0 saturated carbocycles. The molecule has 9 heteroatoms. The van der Waals surface area contributed by atoms with Gasteiger partial charge in [0.1, 0.15) is 15.9 Å². The third kappa shape index (κ3) is 4.62. The van der Waals surface area contributed by atoms with Gasteiger partial charge in [-0.15, -0.1) is 0 Å². The number of aliphatic carboxylic acids is 1. The van der Waals surface area contributed by atoms with Gasteiger partial charge in [0.15, 0.2) is 0 Å². The number of hydrogen-bond donors (Lipinski definition) is 0. The largest absolute Gasteiger partial charge is 0.548 e. The second kappa shape index (κ2) is 8.32. The van der Waals surface area contributed by atoms with Gasteiger partial charge in [0.05, 0.1) is 23.0 Å².